The van der Waals surface area contributed by atoms with Crippen LogP contribution in [0.2, 0.25) is 0 Å². The number of hydrogen-bond donors (Lipinski definition) is 1. The van der Waals surface area contributed by atoms with Crippen molar-refractivity contribution in [1.29, 1.82) is 0 Å². The van der Waals surface area contributed by atoms with Gasteiger partial charge in [0.1, 0.15) is 5.52 Å². The van der Waals surface area contributed by atoms with Crippen molar-refractivity contribution in [3.63, 3.8) is 0 Å². The summed E-state index contributed by atoms with van der Waals surface area (Å²) in [4.78, 5) is 3.28. The van der Waals surface area contributed by atoms with E-state index in [1.807, 2.05) is 18.7 Å². The SMILES string of the molecule is CCC(C)CC(C)n1c(=S)[nH]c2c(C)nn(C)c21. The summed E-state index contributed by atoms with van der Waals surface area (Å²) >= 11 is 5.46. The molecule has 0 bridgehead atoms. The summed E-state index contributed by atoms with van der Waals surface area (Å²) in [6.07, 6.45) is 2.34. The van der Waals surface area contributed by atoms with E-state index in [0.717, 1.165) is 28.0 Å². The van der Waals surface area contributed by atoms with E-state index in [0.29, 0.717) is 12.0 Å². The molecule has 2 unspecified atom stereocenters. The Bertz CT molecular complexity index is 604. The summed E-state index contributed by atoms with van der Waals surface area (Å²) in [6.45, 7) is 8.77. The second-order valence-corrected chi connectivity index (χ2v) is 5.69. The maximum absolute atomic E-state index is 5.46. The number of imidazole rings is 1. The van der Waals surface area contributed by atoms with E-state index < -0.39 is 0 Å². The monoisotopic (exact) mass is 266 g/mol. The number of aryl methyl sites for hydroxylation is 2. The molecule has 0 aliphatic heterocycles. The smallest absolute Gasteiger partial charge is 0.179 e. The van der Waals surface area contributed by atoms with E-state index in [1.165, 1.54) is 6.42 Å². The predicted molar refractivity (Wildman–Crippen MR) is 77.4 cm³/mol. The van der Waals surface area contributed by atoms with Crippen molar-refractivity contribution in [3.8, 4) is 0 Å². The molecule has 0 aliphatic rings. The fourth-order valence-corrected chi connectivity index (χ4v) is 2.96. The van der Waals surface area contributed by atoms with Gasteiger partial charge in [-0.15, -0.1) is 0 Å². The van der Waals surface area contributed by atoms with Gasteiger partial charge in [-0.2, -0.15) is 5.10 Å². The third kappa shape index (κ3) is 2.11. The first-order valence-corrected chi connectivity index (χ1v) is 7.00. The molecule has 1 N–H and O–H groups in total. The molecule has 4 nitrogen and oxygen atoms in total. The van der Waals surface area contributed by atoms with Crippen molar-refractivity contribution in [1.82, 2.24) is 19.3 Å². The summed E-state index contributed by atoms with van der Waals surface area (Å²) in [5.74, 6) is 0.709. The molecule has 0 saturated carbocycles. The van der Waals surface area contributed by atoms with Crippen molar-refractivity contribution in [2.24, 2.45) is 13.0 Å². The van der Waals surface area contributed by atoms with Gasteiger partial charge in [0.05, 0.1) is 5.69 Å². The number of nitrogens with zero attached hydrogens (tertiary/aromatic N) is 3. The zero-order chi connectivity index (χ0) is 13.4. The molecular formula is C13H22N4S. The van der Waals surface area contributed by atoms with Gasteiger partial charge in [-0.25, -0.2) is 0 Å². The predicted octanol–water partition coefficient (Wildman–Crippen LogP) is 3.74. The molecule has 2 rings (SSSR count). The first kappa shape index (κ1) is 13.3. The van der Waals surface area contributed by atoms with Crippen molar-refractivity contribution in [2.75, 3.05) is 0 Å². The van der Waals surface area contributed by atoms with Crippen LogP contribution in [-0.4, -0.2) is 19.3 Å². The summed E-state index contributed by atoms with van der Waals surface area (Å²) < 4.78 is 4.93. The Morgan fingerprint density at radius 2 is 2.06 bits per heavy atom. The van der Waals surface area contributed by atoms with Crippen LogP contribution < -0.4 is 0 Å². The lowest BCUT2D eigenvalue weighted by atomic mass is 10.0. The number of aromatic nitrogens is 4. The molecular weight excluding hydrogens is 244 g/mol. The van der Waals surface area contributed by atoms with Crippen LogP contribution in [-0.2, 0) is 7.05 Å². The molecule has 0 fully saturated rings. The Morgan fingerprint density at radius 3 is 2.67 bits per heavy atom. The van der Waals surface area contributed by atoms with Crippen molar-refractivity contribution >= 4 is 23.4 Å². The number of aromatic amines is 1. The van der Waals surface area contributed by atoms with Crippen LogP contribution in [0.5, 0.6) is 0 Å². The zero-order valence-corrected chi connectivity index (χ0v) is 12.6. The second kappa shape index (κ2) is 4.88. The van der Waals surface area contributed by atoms with Gasteiger partial charge in [0, 0.05) is 13.1 Å². The third-order valence-electron chi connectivity index (χ3n) is 3.75. The topological polar surface area (TPSA) is 38.5 Å². The summed E-state index contributed by atoms with van der Waals surface area (Å²) in [5.41, 5.74) is 3.18. The number of fused-ring (bicyclic) bond motifs is 1. The Hall–Kier alpha value is -1.10. The normalized spacial score (nSPS) is 15.2. The van der Waals surface area contributed by atoms with Crippen molar-refractivity contribution < 1.29 is 0 Å². The van der Waals surface area contributed by atoms with Crippen LogP contribution >= 0.6 is 12.2 Å². The average Bonchev–Trinajstić information content (AvgIpc) is 2.77. The van der Waals surface area contributed by atoms with Crippen molar-refractivity contribution in [2.45, 2.75) is 46.6 Å². The first-order chi connectivity index (χ1) is 8.45. The molecule has 18 heavy (non-hydrogen) atoms. The van der Waals surface area contributed by atoms with Gasteiger partial charge >= 0.3 is 0 Å². The minimum absolute atomic E-state index is 0.399. The minimum Gasteiger partial charge on any atom is -0.328 e. The first-order valence-electron chi connectivity index (χ1n) is 6.59. The highest BCUT2D eigenvalue weighted by Gasteiger charge is 2.18. The number of H-pyrrole nitrogens is 1. The molecule has 100 valence electrons. The molecule has 2 aromatic rings. The lowest BCUT2D eigenvalue weighted by molar-refractivity contribution is 0.398. The fourth-order valence-electron chi connectivity index (χ4n) is 2.60. The van der Waals surface area contributed by atoms with E-state index in [-0.39, 0.29) is 0 Å². The van der Waals surface area contributed by atoms with Crippen LogP contribution in [0.1, 0.15) is 45.3 Å². The maximum Gasteiger partial charge on any atom is 0.179 e. The molecule has 0 aliphatic carbocycles. The van der Waals surface area contributed by atoms with Gasteiger partial charge in [-0.1, -0.05) is 20.3 Å². The van der Waals surface area contributed by atoms with Gasteiger partial charge in [-0.05, 0) is 38.4 Å². The fraction of sp³-hybridized carbons (Fsp3) is 0.692. The van der Waals surface area contributed by atoms with E-state index >= 15 is 0 Å². The Balaban J connectivity index is 2.50. The molecule has 2 atom stereocenters. The zero-order valence-electron chi connectivity index (χ0n) is 11.8. The molecule has 0 radical (unpaired) electrons. The van der Waals surface area contributed by atoms with Crippen molar-refractivity contribution in [3.05, 3.63) is 10.5 Å². The van der Waals surface area contributed by atoms with Crippen LogP contribution in [0.3, 0.4) is 0 Å². The standard InChI is InChI=1S/C13H22N4S/c1-6-8(2)7-9(3)17-12-11(14-13(17)18)10(4)15-16(12)5/h8-9H,6-7H2,1-5H3,(H,14,18). The number of hydrogen-bond acceptors (Lipinski definition) is 2. The van der Waals surface area contributed by atoms with E-state index in [1.54, 1.807) is 0 Å². The summed E-state index contributed by atoms with van der Waals surface area (Å²) in [5, 5.41) is 4.45. The quantitative estimate of drug-likeness (QED) is 0.856. The highest BCUT2D eigenvalue weighted by molar-refractivity contribution is 7.71. The lowest BCUT2D eigenvalue weighted by Crippen LogP contribution is -2.11. The lowest BCUT2D eigenvalue weighted by Gasteiger charge is -2.18. The molecule has 0 saturated heterocycles. The van der Waals surface area contributed by atoms with E-state index in [9.17, 15) is 0 Å². The summed E-state index contributed by atoms with van der Waals surface area (Å²) in [7, 11) is 1.98. The van der Waals surface area contributed by atoms with Gasteiger partial charge in [-0.3, -0.25) is 9.25 Å². The van der Waals surface area contributed by atoms with Gasteiger partial charge < -0.3 is 4.98 Å². The second-order valence-electron chi connectivity index (χ2n) is 5.31. The molecule has 2 heterocycles. The van der Waals surface area contributed by atoms with Gasteiger partial charge in [0.25, 0.3) is 0 Å². The molecule has 0 amide bonds. The maximum atomic E-state index is 5.46. The minimum atomic E-state index is 0.399. The van der Waals surface area contributed by atoms with Crippen LogP contribution in [0.15, 0.2) is 0 Å². The third-order valence-corrected chi connectivity index (χ3v) is 4.05. The molecule has 2 aromatic heterocycles. The largest absolute Gasteiger partial charge is 0.328 e. The van der Waals surface area contributed by atoms with E-state index in [2.05, 4.69) is 35.4 Å². The van der Waals surface area contributed by atoms with Crippen LogP contribution in [0.4, 0.5) is 0 Å². The Labute approximate surface area is 113 Å². The number of rotatable bonds is 4. The average molecular weight is 266 g/mol. The van der Waals surface area contributed by atoms with Crippen LogP contribution in [0, 0.1) is 17.6 Å². The highest BCUT2D eigenvalue weighted by atomic mass is 32.1. The van der Waals surface area contributed by atoms with Crippen LogP contribution in [0.25, 0.3) is 11.2 Å². The summed E-state index contributed by atoms with van der Waals surface area (Å²) in [6, 6.07) is 0.399. The Morgan fingerprint density at radius 1 is 1.39 bits per heavy atom. The molecule has 0 spiro atoms. The van der Waals surface area contributed by atoms with Gasteiger partial charge in [0.2, 0.25) is 0 Å². The van der Waals surface area contributed by atoms with E-state index in [4.69, 9.17) is 12.2 Å². The molecule has 0 aromatic carbocycles. The highest BCUT2D eigenvalue weighted by Crippen LogP contribution is 2.25. The Kier molecular flexibility index (Phi) is 3.61. The molecule has 5 heteroatoms. The number of nitrogens with one attached hydrogen (secondary N) is 1. The van der Waals surface area contributed by atoms with Gasteiger partial charge in [0.15, 0.2) is 10.4 Å².